The highest BCUT2D eigenvalue weighted by Gasteiger charge is 2.26. The Labute approximate surface area is 122 Å². The molecule has 1 aliphatic heterocycles. The van der Waals surface area contributed by atoms with Gasteiger partial charge in [-0.15, -0.1) is 0 Å². The summed E-state index contributed by atoms with van der Waals surface area (Å²) in [5.74, 6) is 0.154. The maximum absolute atomic E-state index is 12.2. The summed E-state index contributed by atoms with van der Waals surface area (Å²) < 4.78 is 5.72. The van der Waals surface area contributed by atoms with Crippen molar-refractivity contribution in [3.05, 3.63) is 0 Å². The molecule has 0 bridgehead atoms. The van der Waals surface area contributed by atoms with Gasteiger partial charge in [-0.25, -0.2) is 0 Å². The van der Waals surface area contributed by atoms with E-state index in [1.54, 1.807) is 0 Å². The summed E-state index contributed by atoms with van der Waals surface area (Å²) in [5.41, 5.74) is 5.67. The van der Waals surface area contributed by atoms with E-state index in [9.17, 15) is 4.79 Å². The molecule has 1 saturated carbocycles. The number of nitrogens with one attached hydrogen (secondary N) is 1. The number of nitrogens with two attached hydrogens (primary N) is 1. The molecular formula is C15H29N3O2. The number of carbonyl (C=O) groups is 1. The molecule has 5 heteroatoms. The Hall–Kier alpha value is -0.650. The van der Waals surface area contributed by atoms with Gasteiger partial charge in [0.2, 0.25) is 5.91 Å². The van der Waals surface area contributed by atoms with Gasteiger partial charge in [-0.3, -0.25) is 9.69 Å². The van der Waals surface area contributed by atoms with Crippen molar-refractivity contribution in [1.82, 2.24) is 10.2 Å². The lowest BCUT2D eigenvalue weighted by Gasteiger charge is -2.36. The minimum Gasteiger partial charge on any atom is -0.371 e. The molecular weight excluding hydrogens is 254 g/mol. The summed E-state index contributed by atoms with van der Waals surface area (Å²) >= 11 is 0. The number of nitrogens with zero attached hydrogens (tertiary/aromatic N) is 1. The van der Waals surface area contributed by atoms with Crippen molar-refractivity contribution < 1.29 is 9.53 Å². The van der Waals surface area contributed by atoms with Crippen LogP contribution in [0.15, 0.2) is 0 Å². The molecule has 0 spiro atoms. The second-order valence-corrected chi connectivity index (χ2v) is 6.25. The topological polar surface area (TPSA) is 67.6 Å². The van der Waals surface area contributed by atoms with Crippen LogP contribution in [0.4, 0.5) is 0 Å². The first-order valence-corrected chi connectivity index (χ1v) is 8.04. The highest BCUT2D eigenvalue weighted by atomic mass is 16.5. The van der Waals surface area contributed by atoms with Crippen molar-refractivity contribution in [3.63, 3.8) is 0 Å². The highest BCUT2D eigenvalue weighted by molar-refractivity contribution is 5.78. The predicted octanol–water partition coefficient (Wildman–Crippen LogP) is 0.873. The Kier molecular flexibility index (Phi) is 6.26. The van der Waals surface area contributed by atoms with Crippen molar-refractivity contribution in [2.75, 3.05) is 26.2 Å². The van der Waals surface area contributed by atoms with E-state index in [1.807, 2.05) is 6.92 Å². The Balaban J connectivity index is 1.75. The van der Waals surface area contributed by atoms with Gasteiger partial charge in [0, 0.05) is 25.7 Å². The lowest BCUT2D eigenvalue weighted by molar-refractivity contribution is -0.127. The second-order valence-electron chi connectivity index (χ2n) is 6.25. The molecule has 1 aliphatic carbocycles. The monoisotopic (exact) mass is 283 g/mol. The molecule has 2 fully saturated rings. The molecule has 0 aromatic rings. The fourth-order valence-electron chi connectivity index (χ4n) is 3.30. The van der Waals surface area contributed by atoms with Crippen LogP contribution in [0.5, 0.6) is 0 Å². The van der Waals surface area contributed by atoms with E-state index in [2.05, 4.69) is 10.2 Å². The first-order chi connectivity index (χ1) is 9.67. The molecule has 2 unspecified atom stereocenters. The maximum Gasteiger partial charge on any atom is 0.234 e. The van der Waals surface area contributed by atoms with E-state index >= 15 is 0 Å². The SMILES string of the molecule is CC1CN(CC(=O)NC2CCCCCC2)CC(CN)O1. The van der Waals surface area contributed by atoms with Gasteiger partial charge in [0.1, 0.15) is 0 Å². The van der Waals surface area contributed by atoms with E-state index in [4.69, 9.17) is 10.5 Å². The summed E-state index contributed by atoms with van der Waals surface area (Å²) in [7, 11) is 0. The van der Waals surface area contributed by atoms with Crippen LogP contribution in [0.2, 0.25) is 0 Å². The quantitative estimate of drug-likeness (QED) is 0.751. The molecule has 0 aromatic carbocycles. The van der Waals surface area contributed by atoms with Crippen LogP contribution in [0.3, 0.4) is 0 Å². The predicted molar refractivity (Wildman–Crippen MR) is 79.5 cm³/mol. The molecule has 2 atom stereocenters. The summed E-state index contributed by atoms with van der Waals surface area (Å²) in [6.07, 6.45) is 7.60. The second kappa shape index (κ2) is 7.96. The number of rotatable bonds is 4. The van der Waals surface area contributed by atoms with Crippen LogP contribution in [0, 0.1) is 0 Å². The van der Waals surface area contributed by atoms with Crippen LogP contribution in [0.1, 0.15) is 45.4 Å². The zero-order valence-corrected chi connectivity index (χ0v) is 12.6. The van der Waals surface area contributed by atoms with Crippen molar-refractivity contribution in [2.24, 2.45) is 5.73 Å². The van der Waals surface area contributed by atoms with E-state index < -0.39 is 0 Å². The smallest absolute Gasteiger partial charge is 0.234 e. The lowest BCUT2D eigenvalue weighted by atomic mass is 10.1. The van der Waals surface area contributed by atoms with Gasteiger partial charge < -0.3 is 15.8 Å². The zero-order chi connectivity index (χ0) is 14.4. The average Bonchev–Trinajstić information content (AvgIpc) is 2.66. The van der Waals surface area contributed by atoms with Crippen LogP contribution in [-0.2, 0) is 9.53 Å². The standard InChI is InChI=1S/C15H29N3O2/c1-12-9-18(10-14(8-16)20-12)11-15(19)17-13-6-4-2-3-5-7-13/h12-14H,2-11,16H2,1H3,(H,17,19). The van der Waals surface area contributed by atoms with Gasteiger partial charge >= 0.3 is 0 Å². The van der Waals surface area contributed by atoms with Crippen molar-refractivity contribution in [3.8, 4) is 0 Å². The minimum atomic E-state index is 0.0597. The summed E-state index contributed by atoms with van der Waals surface area (Å²) in [4.78, 5) is 14.3. The van der Waals surface area contributed by atoms with E-state index in [0.717, 1.165) is 25.9 Å². The van der Waals surface area contributed by atoms with Crippen molar-refractivity contribution >= 4 is 5.91 Å². The Morgan fingerprint density at radius 1 is 1.25 bits per heavy atom. The molecule has 1 heterocycles. The normalized spacial score (nSPS) is 29.9. The van der Waals surface area contributed by atoms with Gasteiger partial charge in [0.15, 0.2) is 0 Å². The van der Waals surface area contributed by atoms with Gasteiger partial charge in [-0.2, -0.15) is 0 Å². The Morgan fingerprint density at radius 3 is 2.60 bits per heavy atom. The first kappa shape index (κ1) is 15.7. The summed E-state index contributed by atoms with van der Waals surface area (Å²) in [5, 5.41) is 3.20. The van der Waals surface area contributed by atoms with Gasteiger partial charge in [-0.05, 0) is 19.8 Å². The number of amides is 1. The first-order valence-electron chi connectivity index (χ1n) is 8.04. The number of hydrogen-bond acceptors (Lipinski definition) is 4. The summed E-state index contributed by atoms with van der Waals surface area (Å²) in [6.45, 7) is 4.61. The summed E-state index contributed by atoms with van der Waals surface area (Å²) in [6, 6.07) is 0.383. The molecule has 1 amide bonds. The number of ether oxygens (including phenoxy) is 1. The third kappa shape index (κ3) is 5.04. The largest absolute Gasteiger partial charge is 0.371 e. The Bertz CT molecular complexity index is 303. The van der Waals surface area contributed by atoms with Gasteiger partial charge in [0.25, 0.3) is 0 Å². The van der Waals surface area contributed by atoms with E-state index in [-0.39, 0.29) is 18.1 Å². The van der Waals surface area contributed by atoms with E-state index in [0.29, 0.717) is 19.1 Å². The van der Waals surface area contributed by atoms with Crippen LogP contribution >= 0.6 is 0 Å². The zero-order valence-electron chi connectivity index (χ0n) is 12.6. The molecule has 5 nitrogen and oxygen atoms in total. The fraction of sp³-hybridized carbons (Fsp3) is 0.933. The van der Waals surface area contributed by atoms with Gasteiger partial charge in [-0.1, -0.05) is 25.7 Å². The number of morpholine rings is 1. The molecule has 116 valence electrons. The van der Waals surface area contributed by atoms with Crippen molar-refractivity contribution in [2.45, 2.75) is 63.7 Å². The minimum absolute atomic E-state index is 0.0597. The van der Waals surface area contributed by atoms with Crippen molar-refractivity contribution in [1.29, 1.82) is 0 Å². The highest BCUT2D eigenvalue weighted by Crippen LogP contribution is 2.17. The molecule has 1 saturated heterocycles. The van der Waals surface area contributed by atoms with Crippen LogP contribution in [-0.4, -0.2) is 55.2 Å². The number of hydrogen-bond donors (Lipinski definition) is 2. The molecule has 0 aromatic heterocycles. The molecule has 3 N–H and O–H groups in total. The molecule has 0 radical (unpaired) electrons. The van der Waals surface area contributed by atoms with Gasteiger partial charge in [0.05, 0.1) is 18.8 Å². The third-order valence-corrected chi connectivity index (χ3v) is 4.25. The third-order valence-electron chi connectivity index (χ3n) is 4.25. The average molecular weight is 283 g/mol. The van der Waals surface area contributed by atoms with E-state index in [1.165, 1.54) is 25.7 Å². The molecule has 2 aliphatic rings. The molecule has 2 rings (SSSR count). The molecule has 20 heavy (non-hydrogen) atoms. The van der Waals surface area contributed by atoms with Crippen LogP contribution < -0.4 is 11.1 Å². The van der Waals surface area contributed by atoms with Crippen LogP contribution in [0.25, 0.3) is 0 Å². The lowest BCUT2D eigenvalue weighted by Crippen LogP contribution is -2.52. The number of carbonyl (C=O) groups excluding carboxylic acids is 1. The fourth-order valence-corrected chi connectivity index (χ4v) is 3.30. The Morgan fingerprint density at radius 2 is 1.95 bits per heavy atom. The maximum atomic E-state index is 12.2.